The number of hydrogen-bond acceptors (Lipinski definition) is 3. The van der Waals surface area contributed by atoms with Gasteiger partial charge < -0.3 is 20.1 Å². The van der Waals surface area contributed by atoms with Crippen molar-refractivity contribution in [2.45, 2.75) is 59.1 Å². The van der Waals surface area contributed by atoms with Gasteiger partial charge in [-0.3, -0.25) is 4.99 Å². The maximum absolute atomic E-state index is 5.96. The minimum absolute atomic E-state index is 0.159. The van der Waals surface area contributed by atoms with Gasteiger partial charge >= 0.3 is 0 Å². The van der Waals surface area contributed by atoms with Crippen molar-refractivity contribution in [2.24, 2.45) is 10.4 Å². The third-order valence-corrected chi connectivity index (χ3v) is 5.14. The van der Waals surface area contributed by atoms with E-state index in [1.54, 1.807) is 7.11 Å². The highest BCUT2D eigenvalue weighted by Gasteiger charge is 2.36. The van der Waals surface area contributed by atoms with Crippen LogP contribution in [0.4, 0.5) is 0 Å². The van der Waals surface area contributed by atoms with Gasteiger partial charge in [0, 0.05) is 39.4 Å². The number of hydrogen-bond donors (Lipinski definition) is 2. The smallest absolute Gasteiger partial charge is 0.191 e. The maximum atomic E-state index is 5.96. The summed E-state index contributed by atoms with van der Waals surface area (Å²) < 4.78 is 11.2. The summed E-state index contributed by atoms with van der Waals surface area (Å²) in [7, 11) is 3.59. The number of benzene rings is 1. The average Bonchev–Trinajstić information content (AvgIpc) is 2.57. The Morgan fingerprint density at radius 3 is 2.62 bits per heavy atom. The third kappa shape index (κ3) is 5.90. The van der Waals surface area contributed by atoms with E-state index in [-0.39, 0.29) is 6.10 Å². The Labute approximate surface area is 158 Å². The summed E-state index contributed by atoms with van der Waals surface area (Å²) in [5.41, 5.74) is 2.71. The highest BCUT2D eigenvalue weighted by molar-refractivity contribution is 5.79. The molecule has 1 aromatic carbocycles. The van der Waals surface area contributed by atoms with E-state index >= 15 is 0 Å². The van der Waals surface area contributed by atoms with Gasteiger partial charge in [-0.25, -0.2) is 0 Å². The molecule has 1 aliphatic rings. The normalized spacial score (nSPS) is 16.3. The molecule has 0 bridgehead atoms. The molecule has 0 atom stereocenters. The number of guanidine groups is 1. The SMILES string of the molecule is CN=C(NCc1ccc(C)cc1OC(C)C)NCC1(CCOC)CCC1. The number of aliphatic imine (C=N–C) groups is 1. The Morgan fingerprint density at radius 1 is 1.27 bits per heavy atom. The van der Waals surface area contributed by atoms with Crippen molar-refractivity contribution >= 4 is 5.96 Å². The molecular formula is C21H35N3O2. The molecule has 0 spiro atoms. The second kappa shape index (κ2) is 9.81. The molecule has 2 rings (SSSR count). The van der Waals surface area contributed by atoms with Crippen molar-refractivity contribution in [3.63, 3.8) is 0 Å². The predicted octanol–water partition coefficient (Wildman–Crippen LogP) is 3.65. The first-order valence-electron chi connectivity index (χ1n) is 9.68. The summed E-state index contributed by atoms with van der Waals surface area (Å²) >= 11 is 0. The maximum Gasteiger partial charge on any atom is 0.191 e. The van der Waals surface area contributed by atoms with E-state index in [0.29, 0.717) is 12.0 Å². The first kappa shape index (κ1) is 20.6. The highest BCUT2D eigenvalue weighted by atomic mass is 16.5. The van der Waals surface area contributed by atoms with E-state index in [1.165, 1.54) is 24.8 Å². The molecule has 0 unspecified atom stereocenters. The molecule has 26 heavy (non-hydrogen) atoms. The lowest BCUT2D eigenvalue weighted by atomic mass is 9.67. The van der Waals surface area contributed by atoms with E-state index in [2.05, 4.69) is 54.6 Å². The average molecular weight is 362 g/mol. The lowest BCUT2D eigenvalue weighted by Gasteiger charge is -2.42. The number of aryl methyl sites for hydroxylation is 1. The molecule has 0 heterocycles. The Morgan fingerprint density at radius 2 is 2.04 bits per heavy atom. The van der Waals surface area contributed by atoms with Gasteiger partial charge in [-0.05, 0) is 57.1 Å². The van der Waals surface area contributed by atoms with Crippen LogP contribution in [-0.2, 0) is 11.3 Å². The van der Waals surface area contributed by atoms with Gasteiger partial charge in [0.25, 0.3) is 0 Å². The zero-order chi connectivity index (χ0) is 19.0. The molecule has 1 saturated carbocycles. The van der Waals surface area contributed by atoms with Gasteiger partial charge in [0.1, 0.15) is 5.75 Å². The molecule has 1 aliphatic carbocycles. The molecular weight excluding hydrogens is 326 g/mol. The second-order valence-corrected chi connectivity index (χ2v) is 7.65. The van der Waals surface area contributed by atoms with Crippen LogP contribution in [0.2, 0.25) is 0 Å². The lowest BCUT2D eigenvalue weighted by Crippen LogP contribution is -2.46. The van der Waals surface area contributed by atoms with E-state index in [1.807, 2.05) is 7.05 Å². The molecule has 2 N–H and O–H groups in total. The fourth-order valence-electron chi connectivity index (χ4n) is 3.35. The molecule has 5 nitrogen and oxygen atoms in total. The van der Waals surface area contributed by atoms with E-state index in [4.69, 9.17) is 9.47 Å². The summed E-state index contributed by atoms with van der Waals surface area (Å²) in [6, 6.07) is 6.34. The second-order valence-electron chi connectivity index (χ2n) is 7.65. The minimum Gasteiger partial charge on any atom is -0.491 e. The van der Waals surface area contributed by atoms with Crippen molar-refractivity contribution in [1.82, 2.24) is 10.6 Å². The number of methoxy groups -OCH3 is 1. The first-order valence-corrected chi connectivity index (χ1v) is 9.68. The van der Waals surface area contributed by atoms with Gasteiger partial charge in [-0.2, -0.15) is 0 Å². The van der Waals surface area contributed by atoms with Crippen LogP contribution in [0.25, 0.3) is 0 Å². The van der Waals surface area contributed by atoms with Gasteiger partial charge in [0.05, 0.1) is 6.10 Å². The summed E-state index contributed by atoms with van der Waals surface area (Å²) in [6.07, 6.45) is 5.12. The van der Waals surface area contributed by atoms with Crippen LogP contribution in [-0.4, -0.2) is 39.4 Å². The number of nitrogens with zero attached hydrogens (tertiary/aromatic N) is 1. The van der Waals surface area contributed by atoms with Crippen molar-refractivity contribution in [3.8, 4) is 5.75 Å². The number of ether oxygens (including phenoxy) is 2. The van der Waals surface area contributed by atoms with Crippen LogP contribution in [0.1, 0.15) is 50.7 Å². The summed E-state index contributed by atoms with van der Waals surface area (Å²) in [4.78, 5) is 4.38. The number of nitrogens with one attached hydrogen (secondary N) is 2. The molecule has 1 fully saturated rings. The van der Waals surface area contributed by atoms with Crippen LogP contribution < -0.4 is 15.4 Å². The van der Waals surface area contributed by atoms with Crippen LogP contribution >= 0.6 is 0 Å². The van der Waals surface area contributed by atoms with E-state index in [9.17, 15) is 0 Å². The first-order chi connectivity index (χ1) is 12.5. The number of rotatable bonds is 9. The molecule has 0 saturated heterocycles. The quantitative estimate of drug-likeness (QED) is 0.521. The Bertz CT molecular complexity index is 595. The largest absolute Gasteiger partial charge is 0.491 e. The van der Waals surface area contributed by atoms with Crippen molar-refractivity contribution < 1.29 is 9.47 Å². The minimum atomic E-state index is 0.159. The Balaban J connectivity index is 1.91. The van der Waals surface area contributed by atoms with Crippen LogP contribution in [0, 0.1) is 12.3 Å². The Kier molecular flexibility index (Phi) is 7.76. The van der Waals surface area contributed by atoms with E-state index in [0.717, 1.165) is 36.8 Å². The third-order valence-electron chi connectivity index (χ3n) is 5.14. The summed E-state index contributed by atoms with van der Waals surface area (Å²) in [5, 5.41) is 6.93. The van der Waals surface area contributed by atoms with Gasteiger partial charge in [-0.1, -0.05) is 18.6 Å². The zero-order valence-corrected chi connectivity index (χ0v) is 17.0. The topological polar surface area (TPSA) is 54.9 Å². The predicted molar refractivity (Wildman–Crippen MR) is 108 cm³/mol. The van der Waals surface area contributed by atoms with Gasteiger partial charge in [0.15, 0.2) is 5.96 Å². The van der Waals surface area contributed by atoms with Gasteiger partial charge in [0.2, 0.25) is 0 Å². The highest BCUT2D eigenvalue weighted by Crippen LogP contribution is 2.43. The molecule has 146 valence electrons. The molecule has 0 radical (unpaired) electrons. The molecule has 1 aromatic rings. The van der Waals surface area contributed by atoms with Crippen molar-refractivity contribution in [2.75, 3.05) is 27.3 Å². The fourth-order valence-corrected chi connectivity index (χ4v) is 3.35. The fraction of sp³-hybridized carbons (Fsp3) is 0.667. The monoisotopic (exact) mass is 361 g/mol. The summed E-state index contributed by atoms with van der Waals surface area (Å²) in [6.45, 7) is 8.65. The van der Waals surface area contributed by atoms with Crippen LogP contribution in [0.15, 0.2) is 23.2 Å². The van der Waals surface area contributed by atoms with Crippen molar-refractivity contribution in [1.29, 1.82) is 0 Å². The molecule has 0 amide bonds. The Hall–Kier alpha value is -1.75. The molecule has 0 aromatic heterocycles. The summed E-state index contributed by atoms with van der Waals surface area (Å²) in [5.74, 6) is 1.78. The van der Waals surface area contributed by atoms with E-state index < -0.39 is 0 Å². The zero-order valence-electron chi connectivity index (χ0n) is 17.0. The van der Waals surface area contributed by atoms with Crippen molar-refractivity contribution in [3.05, 3.63) is 29.3 Å². The van der Waals surface area contributed by atoms with Crippen LogP contribution in [0.5, 0.6) is 5.75 Å². The molecule has 5 heteroatoms. The standard InChI is InChI=1S/C21H35N3O2/c1-16(2)26-19-13-17(3)7-8-18(19)14-23-20(22-4)24-15-21(9-6-10-21)11-12-25-5/h7-8,13,16H,6,9-12,14-15H2,1-5H3,(H2,22,23,24). The lowest BCUT2D eigenvalue weighted by molar-refractivity contribution is 0.0732. The van der Waals surface area contributed by atoms with Crippen LogP contribution in [0.3, 0.4) is 0 Å². The van der Waals surface area contributed by atoms with Gasteiger partial charge in [-0.15, -0.1) is 0 Å². The molecule has 0 aliphatic heterocycles.